The number of rotatable bonds is 5. The molecule has 0 saturated heterocycles. The maximum absolute atomic E-state index is 12.8. The van der Waals surface area contributed by atoms with E-state index in [4.69, 9.17) is 14.2 Å². The smallest absolute Gasteiger partial charge is 0.317 e. The van der Waals surface area contributed by atoms with Crippen molar-refractivity contribution in [2.45, 2.75) is 45.1 Å². The van der Waals surface area contributed by atoms with Gasteiger partial charge in [-0.1, -0.05) is 12.1 Å². The first-order chi connectivity index (χ1) is 10.7. The minimum absolute atomic E-state index is 0.294. The molecule has 5 heteroatoms. The molecule has 0 aliphatic heterocycles. The van der Waals surface area contributed by atoms with Crippen LogP contribution in [0, 0.1) is 5.92 Å². The van der Waals surface area contributed by atoms with Crippen molar-refractivity contribution in [3.63, 3.8) is 0 Å². The number of benzene rings is 1. The summed E-state index contributed by atoms with van der Waals surface area (Å²) < 4.78 is 15.8. The summed E-state index contributed by atoms with van der Waals surface area (Å²) in [6, 6.07) is 7.17. The van der Waals surface area contributed by atoms with Gasteiger partial charge in [0.2, 0.25) is 0 Å². The SMILES string of the molecule is CCOC(=O)[C@@H]1C[C@]1(C(=O)OC(C)(C)C)c1ccc(OC)cc1. The second kappa shape index (κ2) is 6.22. The van der Waals surface area contributed by atoms with Gasteiger partial charge in [0.15, 0.2) is 0 Å². The van der Waals surface area contributed by atoms with Crippen LogP contribution in [0.15, 0.2) is 24.3 Å². The summed E-state index contributed by atoms with van der Waals surface area (Å²) in [5, 5.41) is 0. The van der Waals surface area contributed by atoms with Crippen molar-refractivity contribution in [2.75, 3.05) is 13.7 Å². The van der Waals surface area contributed by atoms with Gasteiger partial charge in [0, 0.05) is 0 Å². The Kier molecular flexibility index (Phi) is 4.68. The fourth-order valence-electron chi connectivity index (χ4n) is 2.71. The van der Waals surface area contributed by atoms with Crippen molar-refractivity contribution < 1.29 is 23.8 Å². The summed E-state index contributed by atoms with van der Waals surface area (Å²) in [4.78, 5) is 24.9. The lowest BCUT2D eigenvalue weighted by Gasteiger charge is -2.25. The standard InChI is InChI=1S/C18H24O5/c1-6-22-15(19)14-11-18(14,16(20)23-17(2,3)4)12-7-9-13(21-5)10-8-12/h7-10,14H,6,11H2,1-5H3/t14-,18-/m0/s1. The van der Waals surface area contributed by atoms with Crippen LogP contribution < -0.4 is 4.74 Å². The second-order valence-corrected chi connectivity index (χ2v) is 6.71. The van der Waals surface area contributed by atoms with Crippen LogP contribution in [0.4, 0.5) is 0 Å². The zero-order valence-corrected chi connectivity index (χ0v) is 14.3. The molecule has 1 aliphatic carbocycles. The van der Waals surface area contributed by atoms with E-state index in [9.17, 15) is 9.59 Å². The molecule has 2 rings (SSSR count). The molecule has 0 radical (unpaired) electrons. The third-order valence-corrected chi connectivity index (χ3v) is 3.90. The van der Waals surface area contributed by atoms with Gasteiger partial charge in [0.25, 0.3) is 0 Å². The van der Waals surface area contributed by atoms with Crippen molar-refractivity contribution in [2.24, 2.45) is 5.92 Å². The second-order valence-electron chi connectivity index (χ2n) is 6.71. The molecule has 126 valence electrons. The quantitative estimate of drug-likeness (QED) is 0.781. The number of carbonyl (C=O) groups is 2. The van der Waals surface area contributed by atoms with Gasteiger partial charge < -0.3 is 14.2 Å². The number of carbonyl (C=O) groups excluding carboxylic acids is 2. The fourth-order valence-corrected chi connectivity index (χ4v) is 2.71. The van der Waals surface area contributed by atoms with E-state index in [1.807, 2.05) is 32.9 Å². The highest BCUT2D eigenvalue weighted by molar-refractivity contribution is 5.96. The number of esters is 2. The van der Waals surface area contributed by atoms with Crippen LogP contribution in [-0.2, 0) is 24.5 Å². The first-order valence-corrected chi connectivity index (χ1v) is 7.79. The van der Waals surface area contributed by atoms with Gasteiger partial charge >= 0.3 is 11.9 Å². The molecule has 1 aliphatic rings. The van der Waals surface area contributed by atoms with Gasteiger partial charge in [0.05, 0.1) is 19.6 Å². The largest absolute Gasteiger partial charge is 0.497 e. The summed E-state index contributed by atoms with van der Waals surface area (Å²) in [5.74, 6) is -0.533. The maximum atomic E-state index is 12.8. The Morgan fingerprint density at radius 3 is 2.30 bits per heavy atom. The zero-order valence-electron chi connectivity index (χ0n) is 14.3. The minimum Gasteiger partial charge on any atom is -0.497 e. The molecule has 1 fully saturated rings. The Hall–Kier alpha value is -2.04. The van der Waals surface area contributed by atoms with Crippen LogP contribution in [0.3, 0.4) is 0 Å². The number of hydrogen-bond donors (Lipinski definition) is 0. The monoisotopic (exact) mass is 320 g/mol. The van der Waals surface area contributed by atoms with Crippen LogP contribution >= 0.6 is 0 Å². The molecule has 1 saturated carbocycles. The Balaban J connectivity index is 2.33. The van der Waals surface area contributed by atoms with Crippen molar-refractivity contribution >= 4 is 11.9 Å². The molecule has 5 nitrogen and oxygen atoms in total. The van der Waals surface area contributed by atoms with Crippen molar-refractivity contribution in [1.82, 2.24) is 0 Å². The van der Waals surface area contributed by atoms with Crippen LogP contribution in [0.1, 0.15) is 39.7 Å². The molecule has 1 aromatic rings. The van der Waals surface area contributed by atoms with Gasteiger partial charge in [-0.15, -0.1) is 0 Å². The Labute approximate surface area is 136 Å². The minimum atomic E-state index is -0.953. The van der Waals surface area contributed by atoms with E-state index in [1.165, 1.54) is 0 Å². The lowest BCUT2D eigenvalue weighted by atomic mass is 9.92. The highest BCUT2D eigenvalue weighted by Gasteiger charge is 2.67. The van der Waals surface area contributed by atoms with E-state index in [2.05, 4.69) is 0 Å². The van der Waals surface area contributed by atoms with E-state index in [0.717, 1.165) is 5.56 Å². The Bertz CT molecular complexity index is 584. The van der Waals surface area contributed by atoms with Crippen LogP contribution in [0.2, 0.25) is 0 Å². The molecule has 0 bridgehead atoms. The van der Waals surface area contributed by atoms with Gasteiger partial charge in [-0.2, -0.15) is 0 Å². The summed E-state index contributed by atoms with van der Waals surface area (Å²) in [7, 11) is 1.58. The highest BCUT2D eigenvalue weighted by atomic mass is 16.6. The van der Waals surface area contributed by atoms with Gasteiger partial charge in [-0.25, -0.2) is 0 Å². The average Bonchev–Trinajstić information content (AvgIpc) is 3.23. The van der Waals surface area contributed by atoms with E-state index in [1.54, 1.807) is 26.2 Å². The predicted molar refractivity (Wildman–Crippen MR) is 85.3 cm³/mol. The van der Waals surface area contributed by atoms with Crippen LogP contribution in [0.25, 0.3) is 0 Å². The zero-order chi connectivity index (χ0) is 17.3. The first-order valence-electron chi connectivity index (χ1n) is 7.79. The summed E-state index contributed by atoms with van der Waals surface area (Å²) in [6.07, 6.45) is 0.410. The Morgan fingerprint density at radius 2 is 1.83 bits per heavy atom. The van der Waals surface area contributed by atoms with Crippen molar-refractivity contribution in [3.8, 4) is 5.75 Å². The molecular weight excluding hydrogens is 296 g/mol. The molecule has 0 unspecified atom stereocenters. The molecule has 0 spiro atoms. The van der Waals surface area contributed by atoms with Crippen molar-refractivity contribution in [3.05, 3.63) is 29.8 Å². The predicted octanol–water partition coefficient (Wildman–Crippen LogP) is 2.86. The fraction of sp³-hybridized carbons (Fsp3) is 0.556. The van der Waals surface area contributed by atoms with Gasteiger partial charge in [-0.05, 0) is 51.8 Å². The molecule has 1 aromatic carbocycles. The van der Waals surface area contributed by atoms with E-state index in [-0.39, 0.29) is 11.9 Å². The molecular formula is C18H24O5. The third-order valence-electron chi connectivity index (χ3n) is 3.90. The van der Waals surface area contributed by atoms with Gasteiger partial charge in [-0.3, -0.25) is 9.59 Å². The average molecular weight is 320 g/mol. The molecule has 0 heterocycles. The van der Waals surface area contributed by atoms with Crippen molar-refractivity contribution in [1.29, 1.82) is 0 Å². The topological polar surface area (TPSA) is 61.8 Å². The number of hydrogen-bond acceptors (Lipinski definition) is 5. The normalized spacial score (nSPS) is 23.1. The molecule has 0 amide bonds. The van der Waals surface area contributed by atoms with Gasteiger partial charge in [0.1, 0.15) is 16.8 Å². The lowest BCUT2D eigenvalue weighted by Crippen LogP contribution is -2.34. The summed E-state index contributed by atoms with van der Waals surface area (Å²) in [6.45, 7) is 7.49. The van der Waals surface area contributed by atoms with E-state index < -0.39 is 16.9 Å². The van der Waals surface area contributed by atoms with E-state index >= 15 is 0 Å². The molecule has 0 aromatic heterocycles. The molecule has 0 N–H and O–H groups in total. The summed E-state index contributed by atoms with van der Waals surface area (Å²) >= 11 is 0. The summed E-state index contributed by atoms with van der Waals surface area (Å²) in [5.41, 5.74) is -0.810. The Morgan fingerprint density at radius 1 is 1.22 bits per heavy atom. The van der Waals surface area contributed by atoms with Crippen LogP contribution in [0.5, 0.6) is 5.75 Å². The third kappa shape index (κ3) is 3.49. The van der Waals surface area contributed by atoms with Crippen LogP contribution in [-0.4, -0.2) is 31.3 Å². The maximum Gasteiger partial charge on any atom is 0.317 e. The first kappa shape index (κ1) is 17.3. The number of methoxy groups -OCH3 is 1. The highest BCUT2D eigenvalue weighted by Crippen LogP contribution is 2.56. The number of ether oxygens (including phenoxy) is 3. The van der Waals surface area contributed by atoms with E-state index in [0.29, 0.717) is 18.8 Å². The molecule has 23 heavy (non-hydrogen) atoms. The molecule has 2 atom stereocenters. The lowest BCUT2D eigenvalue weighted by molar-refractivity contribution is -0.161.